The number of aromatic nitrogens is 1. The number of hydrogen-bond donors (Lipinski definition) is 2. The molecule has 2 aromatic carbocycles. The second kappa shape index (κ2) is 11.0. The van der Waals surface area contributed by atoms with Crippen molar-refractivity contribution in [3.8, 4) is 5.75 Å². The van der Waals surface area contributed by atoms with Crippen molar-refractivity contribution >= 4 is 29.2 Å². The van der Waals surface area contributed by atoms with E-state index in [1.807, 2.05) is 6.20 Å². The second-order valence-electron chi connectivity index (χ2n) is 10.6. The molecule has 1 atom stereocenters. The van der Waals surface area contributed by atoms with Crippen LogP contribution in [0.15, 0.2) is 36.5 Å². The van der Waals surface area contributed by atoms with Crippen molar-refractivity contribution in [1.29, 1.82) is 0 Å². The average Bonchev–Trinajstić information content (AvgIpc) is 3.21. The van der Waals surface area contributed by atoms with Crippen LogP contribution in [0.25, 0.3) is 10.9 Å². The minimum absolute atomic E-state index is 0. The van der Waals surface area contributed by atoms with Gasteiger partial charge in [0.05, 0.1) is 0 Å². The predicted octanol–water partition coefficient (Wildman–Crippen LogP) is 5.94. The zero-order valence-electron chi connectivity index (χ0n) is 20.9. The van der Waals surface area contributed by atoms with E-state index in [4.69, 9.17) is 4.74 Å². The summed E-state index contributed by atoms with van der Waals surface area (Å²) in [6.45, 7) is 1.31. The number of nitrogens with one attached hydrogen (secondary N) is 2. The van der Waals surface area contributed by atoms with E-state index in [0.717, 1.165) is 68.0 Å². The van der Waals surface area contributed by atoms with Gasteiger partial charge in [0, 0.05) is 46.4 Å². The maximum Gasteiger partial charge on any atom is 0.251 e. The molecule has 2 fully saturated rings. The maximum absolute atomic E-state index is 14.6. The molecule has 1 unspecified atom stereocenters. The lowest BCUT2D eigenvalue weighted by molar-refractivity contribution is 0.0421. The first-order valence-corrected chi connectivity index (χ1v) is 13.3. The number of carbonyl (C=O) groups excluding carboxylic acids is 1. The van der Waals surface area contributed by atoms with Crippen LogP contribution in [0.3, 0.4) is 0 Å². The van der Waals surface area contributed by atoms with Crippen LogP contribution in [0.1, 0.15) is 66.4 Å². The molecule has 0 bridgehead atoms. The molecule has 5 nitrogen and oxygen atoms in total. The number of halogens is 3. The van der Waals surface area contributed by atoms with Gasteiger partial charge >= 0.3 is 0 Å². The van der Waals surface area contributed by atoms with Crippen LogP contribution in [0, 0.1) is 11.6 Å². The van der Waals surface area contributed by atoms with Gasteiger partial charge in [0.15, 0.2) is 11.6 Å². The van der Waals surface area contributed by atoms with Crippen LogP contribution in [0.2, 0.25) is 0 Å². The van der Waals surface area contributed by atoms with E-state index < -0.39 is 5.82 Å². The summed E-state index contributed by atoms with van der Waals surface area (Å²) in [6.07, 6.45) is 11.0. The van der Waals surface area contributed by atoms with Gasteiger partial charge in [-0.25, -0.2) is 8.78 Å². The van der Waals surface area contributed by atoms with Crippen molar-refractivity contribution in [3.63, 3.8) is 0 Å². The average molecular weight is 530 g/mol. The van der Waals surface area contributed by atoms with Crippen LogP contribution in [-0.4, -0.2) is 47.1 Å². The van der Waals surface area contributed by atoms with Gasteiger partial charge in [-0.15, -0.1) is 12.4 Å². The summed E-state index contributed by atoms with van der Waals surface area (Å²) in [4.78, 5) is 18.8. The highest BCUT2D eigenvalue weighted by Gasteiger charge is 2.36. The standard InChI is InChI=1S/C29H33F2N3O2.ClH/c30-19-9-12-27-24(14-19)18(16-32-27)4-3-13-34(21-7-2-8-21)22-15-25-23(29(35)33-20-5-1-6-20)10-11-26(31)28(25)36-17-22;/h9-12,14,16,20-22,32H,1-8,13,15,17H2,(H,33,35);1H. The fraction of sp³-hybridized carbons (Fsp3) is 0.483. The van der Waals surface area contributed by atoms with Crippen molar-refractivity contribution in [2.75, 3.05) is 13.2 Å². The molecule has 1 amide bonds. The predicted molar refractivity (Wildman–Crippen MR) is 143 cm³/mol. The number of fused-ring (bicyclic) bond motifs is 2. The molecule has 2 heterocycles. The summed E-state index contributed by atoms with van der Waals surface area (Å²) in [7, 11) is 0. The van der Waals surface area contributed by atoms with Crippen LogP contribution < -0.4 is 10.1 Å². The topological polar surface area (TPSA) is 57.4 Å². The summed E-state index contributed by atoms with van der Waals surface area (Å²) in [5.41, 5.74) is 3.31. The molecule has 37 heavy (non-hydrogen) atoms. The van der Waals surface area contributed by atoms with Crippen molar-refractivity contribution < 1.29 is 18.3 Å². The van der Waals surface area contributed by atoms with Crippen LogP contribution in [0.4, 0.5) is 8.78 Å². The van der Waals surface area contributed by atoms with Crippen molar-refractivity contribution in [1.82, 2.24) is 15.2 Å². The summed E-state index contributed by atoms with van der Waals surface area (Å²) in [5, 5.41) is 4.04. The van der Waals surface area contributed by atoms with E-state index in [0.29, 0.717) is 30.2 Å². The molecule has 0 spiro atoms. The molecular formula is C29H34ClF2N3O2. The highest BCUT2D eigenvalue weighted by Crippen LogP contribution is 2.36. The molecule has 2 saturated carbocycles. The first-order valence-electron chi connectivity index (χ1n) is 13.3. The first kappa shape index (κ1) is 26.0. The Labute approximate surface area is 222 Å². The van der Waals surface area contributed by atoms with Gasteiger partial charge in [-0.2, -0.15) is 0 Å². The van der Waals surface area contributed by atoms with Crippen molar-refractivity contribution in [3.05, 3.63) is 64.9 Å². The number of amides is 1. The number of aromatic amines is 1. The number of hydrogen-bond acceptors (Lipinski definition) is 3. The number of H-pyrrole nitrogens is 1. The number of carbonyl (C=O) groups is 1. The van der Waals surface area contributed by atoms with Gasteiger partial charge < -0.3 is 15.0 Å². The van der Waals surface area contributed by atoms with Crippen LogP contribution in [0.5, 0.6) is 5.75 Å². The minimum atomic E-state index is -0.398. The molecule has 1 aliphatic heterocycles. The largest absolute Gasteiger partial charge is 0.489 e. The third-order valence-corrected chi connectivity index (χ3v) is 8.36. The molecular weight excluding hydrogens is 496 g/mol. The number of aryl methyl sites for hydroxylation is 1. The monoisotopic (exact) mass is 529 g/mol. The Morgan fingerprint density at radius 3 is 2.62 bits per heavy atom. The zero-order valence-corrected chi connectivity index (χ0v) is 21.7. The highest BCUT2D eigenvalue weighted by molar-refractivity contribution is 5.96. The molecule has 1 aromatic heterocycles. The van der Waals surface area contributed by atoms with E-state index in [-0.39, 0.29) is 42.0 Å². The van der Waals surface area contributed by atoms with E-state index in [1.54, 1.807) is 18.2 Å². The van der Waals surface area contributed by atoms with Gasteiger partial charge in [-0.1, -0.05) is 6.42 Å². The second-order valence-corrected chi connectivity index (χ2v) is 10.6. The molecule has 2 N–H and O–H groups in total. The van der Waals surface area contributed by atoms with Gasteiger partial charge in [0.2, 0.25) is 0 Å². The van der Waals surface area contributed by atoms with E-state index in [9.17, 15) is 13.6 Å². The third kappa shape index (κ3) is 5.21. The normalized spacial score (nSPS) is 19.5. The summed E-state index contributed by atoms with van der Waals surface area (Å²) < 4.78 is 34.4. The number of benzene rings is 2. The van der Waals surface area contributed by atoms with Crippen molar-refractivity contribution in [2.24, 2.45) is 0 Å². The fourth-order valence-corrected chi connectivity index (χ4v) is 5.86. The van der Waals surface area contributed by atoms with E-state index in [2.05, 4.69) is 15.2 Å². The summed E-state index contributed by atoms with van der Waals surface area (Å²) in [5.74, 6) is -0.504. The summed E-state index contributed by atoms with van der Waals surface area (Å²) >= 11 is 0. The Bertz CT molecular complexity index is 1270. The number of ether oxygens (including phenoxy) is 1. The third-order valence-electron chi connectivity index (χ3n) is 8.36. The smallest absolute Gasteiger partial charge is 0.251 e. The zero-order chi connectivity index (χ0) is 24.6. The fourth-order valence-electron chi connectivity index (χ4n) is 5.86. The van der Waals surface area contributed by atoms with E-state index >= 15 is 0 Å². The lowest BCUT2D eigenvalue weighted by atomic mass is 9.87. The Morgan fingerprint density at radius 1 is 1.08 bits per heavy atom. The molecule has 2 aliphatic carbocycles. The SMILES string of the molecule is Cl.O=C(NC1CCC1)c1ccc(F)c2c1CC(N(CCCc1c[nH]c3ccc(F)cc13)C1CCC1)CO2. The van der Waals surface area contributed by atoms with Gasteiger partial charge in [-0.3, -0.25) is 9.69 Å². The molecule has 8 heteroatoms. The van der Waals surface area contributed by atoms with Gasteiger partial charge in [0.25, 0.3) is 5.91 Å². The highest BCUT2D eigenvalue weighted by atomic mass is 35.5. The van der Waals surface area contributed by atoms with E-state index in [1.165, 1.54) is 18.6 Å². The maximum atomic E-state index is 14.6. The lowest BCUT2D eigenvalue weighted by Gasteiger charge is -2.44. The molecule has 0 saturated heterocycles. The van der Waals surface area contributed by atoms with Gasteiger partial charge in [0.1, 0.15) is 12.4 Å². The number of rotatable bonds is 8. The summed E-state index contributed by atoms with van der Waals surface area (Å²) in [6, 6.07) is 8.63. The van der Waals surface area contributed by atoms with Gasteiger partial charge in [-0.05, 0) is 93.8 Å². The van der Waals surface area contributed by atoms with Crippen LogP contribution >= 0.6 is 12.4 Å². The molecule has 198 valence electrons. The Balaban J connectivity index is 0.00000280. The Hall–Kier alpha value is -2.64. The molecule has 3 aliphatic rings. The Morgan fingerprint density at radius 2 is 1.89 bits per heavy atom. The minimum Gasteiger partial charge on any atom is -0.489 e. The molecule has 3 aromatic rings. The quantitative estimate of drug-likeness (QED) is 0.379. The lowest BCUT2D eigenvalue weighted by Crippen LogP contribution is -2.52. The first-order chi connectivity index (χ1) is 17.6. The number of nitrogens with zero attached hydrogens (tertiary/aromatic N) is 1. The van der Waals surface area contributed by atoms with Crippen molar-refractivity contribution in [2.45, 2.75) is 75.9 Å². The molecule has 0 radical (unpaired) electrons. The Kier molecular flexibility index (Phi) is 7.72. The van der Waals surface area contributed by atoms with Crippen LogP contribution in [-0.2, 0) is 12.8 Å². The molecule has 6 rings (SSSR count).